The lowest BCUT2D eigenvalue weighted by Crippen LogP contribution is -2.44. The third-order valence-electron chi connectivity index (χ3n) is 1.25. The van der Waals surface area contributed by atoms with E-state index in [1.165, 1.54) is 20.8 Å². The third-order valence-corrected chi connectivity index (χ3v) is 1.25. The van der Waals surface area contributed by atoms with Crippen molar-refractivity contribution >= 4 is 6.98 Å². The molecule has 0 aromatic rings. The minimum atomic E-state index is -5.10. The lowest BCUT2D eigenvalue weighted by Gasteiger charge is -2.33. The molecule has 1 atom stereocenters. The molecule has 0 heterocycles. The van der Waals surface area contributed by atoms with Crippen LogP contribution in [0.15, 0.2) is 0 Å². The van der Waals surface area contributed by atoms with Crippen molar-refractivity contribution in [3.8, 4) is 0 Å². The van der Waals surface area contributed by atoms with Crippen molar-refractivity contribution in [3.05, 3.63) is 0 Å². The molecule has 62 valence electrons. The van der Waals surface area contributed by atoms with E-state index in [9.17, 15) is 12.9 Å². The van der Waals surface area contributed by atoms with E-state index in [0.717, 1.165) is 0 Å². The van der Waals surface area contributed by atoms with E-state index in [1.54, 1.807) is 0 Å². The molecule has 0 bridgehead atoms. The summed E-state index contributed by atoms with van der Waals surface area (Å²) in [6.07, 6.45) is 0. The van der Waals surface area contributed by atoms with Crippen LogP contribution in [-0.2, 0) is 0 Å². The highest BCUT2D eigenvalue weighted by Crippen LogP contribution is 2.29. The zero-order valence-electron chi connectivity index (χ0n) is 6.24. The fraction of sp³-hybridized carbons (Fsp3) is 1.00. The molecule has 10 heavy (non-hydrogen) atoms. The molecule has 1 nitrogen and oxygen atoms in total. The van der Waals surface area contributed by atoms with Crippen molar-refractivity contribution in [2.75, 3.05) is 0 Å². The van der Waals surface area contributed by atoms with Gasteiger partial charge in [0.05, 0.1) is 0 Å². The summed E-state index contributed by atoms with van der Waals surface area (Å²) in [5.41, 5.74) is -1.10. The van der Waals surface area contributed by atoms with Gasteiger partial charge in [-0.15, -0.1) is 0 Å². The first-order valence-corrected chi connectivity index (χ1v) is 3.03. The summed E-state index contributed by atoms with van der Waals surface area (Å²) < 4.78 is 35.3. The number of rotatable bonds is 1. The molecule has 0 aliphatic carbocycles. The number of hydrogen-bond donors (Lipinski definition) is 1. The molecule has 1 N–H and O–H groups in total. The summed E-state index contributed by atoms with van der Waals surface area (Å²) in [6.45, 7) is -1.04. The van der Waals surface area contributed by atoms with Crippen molar-refractivity contribution in [2.45, 2.75) is 26.8 Å². The van der Waals surface area contributed by atoms with E-state index in [1.807, 2.05) is 0 Å². The Morgan fingerprint density at radius 2 is 1.50 bits per heavy atom. The Balaban J connectivity index is 4.23. The fourth-order valence-corrected chi connectivity index (χ4v) is 0.567. The maximum Gasteiger partial charge on any atom is 0.506 e. The summed E-state index contributed by atoms with van der Waals surface area (Å²) in [4.78, 5) is 0. The first kappa shape index (κ1) is 9.81. The van der Waals surface area contributed by atoms with Gasteiger partial charge < -0.3 is 18.1 Å². The Morgan fingerprint density at radius 1 is 1.20 bits per heavy atom. The van der Waals surface area contributed by atoms with Crippen LogP contribution in [0, 0.1) is 5.41 Å². The van der Waals surface area contributed by atoms with Gasteiger partial charge in [0.15, 0.2) is 0 Å². The van der Waals surface area contributed by atoms with Gasteiger partial charge >= 0.3 is 6.98 Å². The highest BCUT2D eigenvalue weighted by Gasteiger charge is 2.40. The van der Waals surface area contributed by atoms with Gasteiger partial charge in [-0.2, -0.15) is 0 Å². The Labute approximate surface area is 58.3 Å². The normalized spacial score (nSPS) is 17.1. The first-order chi connectivity index (χ1) is 4.15. The quantitative estimate of drug-likeness (QED) is 0.572. The standard InChI is InChI=1S/C5H11BF3O/c1-5(2,3)4(10)6(7,8)9/h4,10H,1-3H3/q-1. The second-order valence-electron chi connectivity index (χ2n) is 3.44. The van der Waals surface area contributed by atoms with Gasteiger partial charge in [0.1, 0.15) is 0 Å². The van der Waals surface area contributed by atoms with E-state index in [0.29, 0.717) is 0 Å². The van der Waals surface area contributed by atoms with Crippen LogP contribution >= 0.6 is 0 Å². The van der Waals surface area contributed by atoms with Crippen molar-refractivity contribution < 1.29 is 18.1 Å². The molecular formula is C5H11BF3O-. The van der Waals surface area contributed by atoms with E-state index < -0.39 is 18.4 Å². The average Bonchev–Trinajstić information content (AvgIpc) is 1.59. The van der Waals surface area contributed by atoms with Gasteiger partial charge in [-0.3, -0.25) is 0 Å². The molecule has 0 aromatic carbocycles. The molecule has 0 saturated carbocycles. The number of aliphatic hydroxyl groups excluding tert-OH is 1. The van der Waals surface area contributed by atoms with Crippen LogP contribution in [0.5, 0.6) is 0 Å². The van der Waals surface area contributed by atoms with Gasteiger partial charge in [0.2, 0.25) is 0 Å². The van der Waals surface area contributed by atoms with Crippen LogP contribution < -0.4 is 0 Å². The van der Waals surface area contributed by atoms with Crippen molar-refractivity contribution in [2.24, 2.45) is 5.41 Å². The lowest BCUT2D eigenvalue weighted by molar-refractivity contribution is 0.0910. The Bertz CT molecular complexity index is 101. The van der Waals surface area contributed by atoms with E-state index in [2.05, 4.69) is 0 Å². The largest absolute Gasteiger partial charge is 0.506 e. The number of hydrogen-bond acceptors (Lipinski definition) is 1. The maximum atomic E-state index is 11.8. The van der Waals surface area contributed by atoms with Crippen LogP contribution in [-0.4, -0.2) is 18.1 Å². The SMILES string of the molecule is CC(C)(C)C(O)[B-](F)(F)F. The molecule has 0 saturated heterocycles. The molecule has 0 aliphatic heterocycles. The highest BCUT2D eigenvalue weighted by atomic mass is 19.4. The van der Waals surface area contributed by atoms with Gasteiger partial charge in [0.25, 0.3) is 0 Å². The molecule has 0 aromatic heterocycles. The van der Waals surface area contributed by atoms with Gasteiger partial charge in [-0.1, -0.05) is 20.8 Å². The zero-order valence-corrected chi connectivity index (χ0v) is 6.24. The highest BCUT2D eigenvalue weighted by molar-refractivity contribution is 6.60. The van der Waals surface area contributed by atoms with Crippen LogP contribution in [0.1, 0.15) is 20.8 Å². The second kappa shape index (κ2) is 2.45. The van der Waals surface area contributed by atoms with Crippen molar-refractivity contribution in [1.82, 2.24) is 0 Å². The van der Waals surface area contributed by atoms with Gasteiger partial charge in [-0.25, -0.2) is 0 Å². The topological polar surface area (TPSA) is 20.2 Å². The van der Waals surface area contributed by atoms with E-state index >= 15 is 0 Å². The summed E-state index contributed by atoms with van der Waals surface area (Å²) in [7, 11) is 0. The smallest absolute Gasteiger partial charge is 0.447 e. The minimum absolute atomic E-state index is 1.10. The maximum absolute atomic E-state index is 11.8. The molecule has 0 fully saturated rings. The number of aliphatic hydroxyl groups is 1. The zero-order chi connectivity index (χ0) is 8.58. The summed E-state index contributed by atoms with van der Waals surface area (Å²) in [5.74, 6) is 0. The lowest BCUT2D eigenvalue weighted by atomic mass is 9.68. The third kappa shape index (κ3) is 2.60. The predicted molar refractivity (Wildman–Crippen MR) is 34.5 cm³/mol. The molecule has 1 unspecified atom stereocenters. The fourth-order valence-electron chi connectivity index (χ4n) is 0.567. The molecule has 0 spiro atoms. The van der Waals surface area contributed by atoms with Crippen LogP contribution in [0.4, 0.5) is 12.9 Å². The monoisotopic (exact) mass is 155 g/mol. The van der Waals surface area contributed by atoms with Crippen LogP contribution in [0.3, 0.4) is 0 Å². The molecule has 0 amide bonds. The van der Waals surface area contributed by atoms with Gasteiger partial charge in [-0.05, 0) is 5.41 Å². The average molecular weight is 155 g/mol. The molecule has 0 aliphatic rings. The number of halogens is 3. The Hall–Kier alpha value is -0.185. The van der Waals surface area contributed by atoms with Crippen molar-refractivity contribution in [1.29, 1.82) is 0 Å². The Morgan fingerprint density at radius 3 is 1.50 bits per heavy atom. The Kier molecular flexibility index (Phi) is 2.41. The first-order valence-electron chi connectivity index (χ1n) is 3.03. The predicted octanol–water partition coefficient (Wildman–Crippen LogP) is 1.78. The van der Waals surface area contributed by atoms with E-state index in [-0.39, 0.29) is 0 Å². The molecular weight excluding hydrogens is 144 g/mol. The second-order valence-corrected chi connectivity index (χ2v) is 3.44. The van der Waals surface area contributed by atoms with Crippen LogP contribution in [0.25, 0.3) is 0 Å². The summed E-state index contributed by atoms with van der Waals surface area (Å²) in [6, 6.07) is -2.17. The summed E-state index contributed by atoms with van der Waals surface area (Å²) >= 11 is 0. The van der Waals surface area contributed by atoms with E-state index in [4.69, 9.17) is 5.11 Å². The molecule has 5 heteroatoms. The minimum Gasteiger partial charge on any atom is -0.447 e. The molecule has 0 rings (SSSR count). The summed E-state index contributed by atoms with van der Waals surface area (Å²) in [5, 5.41) is 8.62. The molecule has 0 radical (unpaired) electrons. The van der Waals surface area contributed by atoms with Crippen molar-refractivity contribution in [3.63, 3.8) is 0 Å². The van der Waals surface area contributed by atoms with Gasteiger partial charge in [0, 0.05) is 6.00 Å². The van der Waals surface area contributed by atoms with Crippen LogP contribution in [0.2, 0.25) is 0 Å².